The Labute approximate surface area is 295 Å². The van der Waals surface area contributed by atoms with E-state index in [1.165, 1.54) is 128 Å². The molecule has 0 saturated carbocycles. The molecule has 0 aliphatic rings. The summed E-state index contributed by atoms with van der Waals surface area (Å²) in [7, 11) is 0.782. The van der Waals surface area contributed by atoms with Crippen molar-refractivity contribution in [1.29, 1.82) is 0 Å². The van der Waals surface area contributed by atoms with E-state index < -0.39 is 10.0 Å². The summed E-state index contributed by atoms with van der Waals surface area (Å²) in [5.41, 5.74) is 0. The van der Waals surface area contributed by atoms with Gasteiger partial charge in [-0.3, -0.25) is 0 Å². The van der Waals surface area contributed by atoms with Crippen LogP contribution in [0, 0.1) is 0 Å². The highest BCUT2D eigenvalue weighted by Gasteiger charge is 2.17. The summed E-state index contributed by atoms with van der Waals surface area (Å²) in [6, 6.07) is 0.0935. The first-order valence-corrected chi connectivity index (χ1v) is 21.8. The Morgan fingerprint density at radius 3 is 1.23 bits per heavy atom. The van der Waals surface area contributed by atoms with E-state index in [0.29, 0.717) is 6.42 Å². The Hall–Kier alpha value is -1.17. The Bertz CT molecular complexity index is 812. The predicted molar refractivity (Wildman–Crippen MR) is 212 cm³/mol. The molecule has 0 heterocycles. The van der Waals surface area contributed by atoms with Crippen LogP contribution in [0.25, 0.3) is 0 Å². The molecule has 276 valence electrons. The molecule has 0 unspecified atom stereocenters. The molecule has 0 saturated heterocycles. The van der Waals surface area contributed by atoms with E-state index in [-0.39, 0.29) is 11.8 Å². The minimum Gasteiger partial charge on any atom is -0.309 e. The first-order valence-electron chi connectivity index (χ1n) is 20.2. The van der Waals surface area contributed by atoms with Crippen molar-refractivity contribution >= 4 is 10.0 Å². The van der Waals surface area contributed by atoms with Crippen molar-refractivity contribution in [1.82, 2.24) is 9.62 Å². The average molecular weight is 677 g/mol. The smallest absolute Gasteiger partial charge is 0.211 e. The summed E-state index contributed by atoms with van der Waals surface area (Å²) in [5.74, 6) is 0.231. The highest BCUT2D eigenvalue weighted by Crippen LogP contribution is 2.16. The van der Waals surface area contributed by atoms with Crippen molar-refractivity contribution in [3.63, 3.8) is 0 Å². The van der Waals surface area contributed by atoms with Gasteiger partial charge in [-0.05, 0) is 104 Å². The molecular weight excluding hydrogens is 597 g/mol. The van der Waals surface area contributed by atoms with Crippen LogP contribution < -0.4 is 4.72 Å². The van der Waals surface area contributed by atoms with Gasteiger partial charge < -0.3 is 4.90 Å². The van der Waals surface area contributed by atoms with Gasteiger partial charge >= 0.3 is 0 Å². The lowest BCUT2D eigenvalue weighted by Crippen LogP contribution is -2.37. The lowest BCUT2D eigenvalue weighted by Gasteiger charge is -2.19. The van der Waals surface area contributed by atoms with Gasteiger partial charge in [-0.1, -0.05) is 152 Å². The van der Waals surface area contributed by atoms with Gasteiger partial charge in [0.25, 0.3) is 0 Å². The SMILES string of the molecule is CCCCC/C=C\C/C=C\CCCCCCCCC(CCCCCCCC/C=C\C/C=C\CCCCC)NS(=O)(=O)CCCN(C)C. The molecule has 47 heavy (non-hydrogen) atoms. The van der Waals surface area contributed by atoms with E-state index >= 15 is 0 Å². The van der Waals surface area contributed by atoms with Gasteiger partial charge in [0, 0.05) is 6.04 Å². The molecule has 0 aliphatic heterocycles. The summed E-state index contributed by atoms with van der Waals surface area (Å²) < 4.78 is 28.7. The molecule has 1 N–H and O–H groups in total. The molecule has 0 aliphatic carbocycles. The Kier molecular flexibility index (Phi) is 35.2. The molecule has 0 atom stereocenters. The van der Waals surface area contributed by atoms with Crippen molar-refractivity contribution in [3.8, 4) is 0 Å². The Morgan fingerprint density at radius 2 is 0.851 bits per heavy atom. The van der Waals surface area contributed by atoms with E-state index in [0.717, 1.165) is 45.1 Å². The number of sulfonamides is 1. The van der Waals surface area contributed by atoms with Crippen LogP contribution >= 0.6 is 0 Å². The van der Waals surface area contributed by atoms with Gasteiger partial charge in [0.1, 0.15) is 0 Å². The quantitative estimate of drug-likeness (QED) is 0.0531. The van der Waals surface area contributed by atoms with E-state index in [2.05, 4.69) is 72.1 Å². The summed E-state index contributed by atoms with van der Waals surface area (Å²) >= 11 is 0. The summed E-state index contributed by atoms with van der Waals surface area (Å²) in [6.45, 7) is 5.32. The summed E-state index contributed by atoms with van der Waals surface area (Å²) in [6.07, 6.45) is 51.0. The highest BCUT2D eigenvalue weighted by molar-refractivity contribution is 7.89. The number of rotatable bonds is 36. The molecule has 0 amide bonds. The van der Waals surface area contributed by atoms with Crippen LogP contribution in [0.4, 0.5) is 0 Å². The number of nitrogens with one attached hydrogen (secondary N) is 1. The monoisotopic (exact) mass is 677 g/mol. The van der Waals surface area contributed by atoms with E-state index in [1.54, 1.807) is 0 Å². The van der Waals surface area contributed by atoms with E-state index in [1.807, 2.05) is 14.1 Å². The fourth-order valence-electron chi connectivity index (χ4n) is 5.90. The van der Waals surface area contributed by atoms with Crippen molar-refractivity contribution in [2.75, 3.05) is 26.4 Å². The maximum atomic E-state index is 12.8. The third-order valence-corrected chi connectivity index (χ3v) is 10.4. The van der Waals surface area contributed by atoms with Crippen molar-refractivity contribution < 1.29 is 8.42 Å². The molecule has 0 radical (unpaired) electrons. The van der Waals surface area contributed by atoms with Gasteiger partial charge in [0.15, 0.2) is 0 Å². The van der Waals surface area contributed by atoms with Crippen LogP contribution in [0.15, 0.2) is 48.6 Å². The molecule has 0 aromatic heterocycles. The highest BCUT2D eigenvalue weighted by atomic mass is 32.2. The zero-order valence-corrected chi connectivity index (χ0v) is 32.7. The lowest BCUT2D eigenvalue weighted by molar-refractivity contribution is 0.406. The largest absolute Gasteiger partial charge is 0.309 e. The number of hydrogen-bond acceptors (Lipinski definition) is 3. The molecule has 0 aromatic carbocycles. The maximum absolute atomic E-state index is 12.8. The van der Waals surface area contributed by atoms with Gasteiger partial charge in [-0.15, -0.1) is 0 Å². The second kappa shape index (κ2) is 36.1. The van der Waals surface area contributed by atoms with Crippen LogP contribution in [0.5, 0.6) is 0 Å². The molecule has 0 rings (SSSR count). The van der Waals surface area contributed by atoms with Crippen LogP contribution in [0.3, 0.4) is 0 Å². The third kappa shape index (κ3) is 37.5. The fraction of sp³-hybridized carbons (Fsp3) is 0.810. The maximum Gasteiger partial charge on any atom is 0.211 e. The summed E-state index contributed by atoms with van der Waals surface area (Å²) in [4.78, 5) is 2.06. The normalized spacial score (nSPS) is 12.9. The first-order chi connectivity index (χ1) is 22.9. The van der Waals surface area contributed by atoms with Gasteiger partial charge in [-0.25, -0.2) is 13.1 Å². The number of hydrogen-bond donors (Lipinski definition) is 1. The van der Waals surface area contributed by atoms with Gasteiger partial charge in [0.2, 0.25) is 10.0 Å². The Morgan fingerprint density at radius 1 is 0.489 bits per heavy atom. The predicted octanol–water partition coefficient (Wildman–Crippen LogP) is 12.6. The van der Waals surface area contributed by atoms with Gasteiger partial charge in [0.05, 0.1) is 5.75 Å². The van der Waals surface area contributed by atoms with E-state index in [9.17, 15) is 8.42 Å². The minimum atomic E-state index is -3.22. The first kappa shape index (κ1) is 45.8. The van der Waals surface area contributed by atoms with Crippen LogP contribution in [-0.2, 0) is 10.0 Å². The molecule has 0 aromatic rings. The topological polar surface area (TPSA) is 49.4 Å². The molecule has 0 bridgehead atoms. The second-order valence-electron chi connectivity index (χ2n) is 14.0. The number of unbranched alkanes of at least 4 members (excludes halogenated alkanes) is 18. The fourth-order valence-corrected chi connectivity index (χ4v) is 7.27. The second-order valence-corrected chi connectivity index (χ2v) is 15.9. The summed E-state index contributed by atoms with van der Waals surface area (Å²) in [5, 5.41) is 0. The van der Waals surface area contributed by atoms with Crippen molar-refractivity contribution in [2.24, 2.45) is 0 Å². The lowest BCUT2D eigenvalue weighted by atomic mass is 10.0. The van der Waals surface area contributed by atoms with Crippen molar-refractivity contribution in [2.45, 2.75) is 193 Å². The van der Waals surface area contributed by atoms with Gasteiger partial charge in [-0.2, -0.15) is 0 Å². The van der Waals surface area contributed by atoms with Crippen LogP contribution in [0.2, 0.25) is 0 Å². The zero-order valence-electron chi connectivity index (χ0n) is 31.9. The van der Waals surface area contributed by atoms with Crippen LogP contribution in [-0.4, -0.2) is 45.8 Å². The van der Waals surface area contributed by atoms with Crippen molar-refractivity contribution in [3.05, 3.63) is 48.6 Å². The number of nitrogens with zero attached hydrogens (tertiary/aromatic N) is 1. The standard InChI is InChI=1S/C42H80N2O2S/c1-5-7-9-11-13-15-17-19-21-23-25-27-29-31-33-35-38-42(43-47(45,46)41-37-40-44(3)4)39-36-34-32-30-28-26-24-22-20-18-16-14-12-10-8-6-2/h13-16,19-22,42-43H,5-12,17-18,23-41H2,1-4H3/b15-13-,16-14-,21-19-,22-20-. The molecular formula is C42H80N2O2S. The minimum absolute atomic E-state index is 0.0935. The third-order valence-electron chi connectivity index (χ3n) is 8.87. The van der Waals surface area contributed by atoms with Crippen LogP contribution in [0.1, 0.15) is 187 Å². The van der Waals surface area contributed by atoms with E-state index in [4.69, 9.17) is 0 Å². The average Bonchev–Trinajstić information content (AvgIpc) is 3.03. The zero-order chi connectivity index (χ0) is 34.5. The Balaban J connectivity index is 4.15. The molecule has 4 nitrogen and oxygen atoms in total. The number of allylic oxidation sites excluding steroid dienone is 8. The molecule has 0 fully saturated rings. The molecule has 0 spiro atoms. The molecule has 5 heteroatoms.